The monoisotopic (exact) mass is 514 g/mol. The van der Waals surface area contributed by atoms with Gasteiger partial charge in [0.05, 0.1) is 24.9 Å². The smallest absolute Gasteiger partial charge is 0.192 e. The first-order valence-corrected chi connectivity index (χ1v) is 10.1. The molecule has 156 valence electrons. The summed E-state index contributed by atoms with van der Waals surface area (Å²) in [5.41, 5.74) is 4.41. The van der Waals surface area contributed by atoms with Crippen molar-refractivity contribution in [3.63, 3.8) is 0 Å². The summed E-state index contributed by atoms with van der Waals surface area (Å²) < 4.78 is 5.77. The summed E-state index contributed by atoms with van der Waals surface area (Å²) in [6.07, 6.45) is 2.73. The maximum Gasteiger partial charge on any atom is 0.192 e. The van der Waals surface area contributed by atoms with Crippen LogP contribution in [0, 0.1) is 0 Å². The number of halogens is 1. The normalized spacial score (nSPS) is 15.4. The molecule has 6 heteroatoms. The minimum atomic E-state index is 0. The topological polar surface area (TPSA) is 58.5 Å². The van der Waals surface area contributed by atoms with Gasteiger partial charge in [0.25, 0.3) is 0 Å². The number of ether oxygens (including phenoxy) is 1. The first-order chi connectivity index (χ1) is 14.3. The molecule has 0 fully saturated rings. The van der Waals surface area contributed by atoms with E-state index in [0.29, 0.717) is 13.2 Å². The Morgan fingerprint density at radius 2 is 1.97 bits per heavy atom. The molecule has 4 rings (SSSR count). The fraction of sp³-hybridized carbons (Fsp3) is 0.250. The molecular weight excluding hydrogens is 487 g/mol. The Labute approximate surface area is 195 Å². The third-order valence-corrected chi connectivity index (χ3v) is 4.92. The lowest BCUT2D eigenvalue weighted by Gasteiger charge is -2.28. The number of hydrogen-bond donors (Lipinski definition) is 2. The number of guanidine groups is 1. The number of fused-ring (bicyclic) bond motifs is 1. The van der Waals surface area contributed by atoms with Crippen molar-refractivity contribution in [2.45, 2.75) is 25.9 Å². The number of para-hydroxylation sites is 1. The van der Waals surface area contributed by atoms with Crippen LogP contribution in [0.5, 0.6) is 5.75 Å². The van der Waals surface area contributed by atoms with Gasteiger partial charge in [-0.1, -0.05) is 42.5 Å². The van der Waals surface area contributed by atoms with Gasteiger partial charge in [0, 0.05) is 30.3 Å². The molecule has 0 saturated heterocycles. The minimum absolute atomic E-state index is 0. The summed E-state index contributed by atoms with van der Waals surface area (Å²) in [6, 6.07) is 22.7. The molecule has 0 radical (unpaired) electrons. The average Bonchev–Trinajstić information content (AvgIpc) is 2.79. The Bertz CT molecular complexity index is 978. The van der Waals surface area contributed by atoms with Crippen LogP contribution >= 0.6 is 24.0 Å². The highest BCUT2D eigenvalue weighted by Crippen LogP contribution is 2.31. The average molecular weight is 514 g/mol. The Hall–Kier alpha value is -2.61. The molecule has 1 atom stereocenters. The first-order valence-electron chi connectivity index (χ1n) is 10.1. The second kappa shape index (κ2) is 11.0. The van der Waals surface area contributed by atoms with Gasteiger partial charge < -0.3 is 15.4 Å². The van der Waals surface area contributed by atoms with Crippen molar-refractivity contribution in [2.75, 3.05) is 13.2 Å². The fourth-order valence-electron chi connectivity index (χ4n) is 3.51. The number of benzene rings is 2. The van der Waals surface area contributed by atoms with Crippen LogP contribution in [-0.2, 0) is 6.54 Å². The molecule has 0 bridgehead atoms. The summed E-state index contributed by atoms with van der Waals surface area (Å²) in [7, 11) is 0. The lowest BCUT2D eigenvalue weighted by atomic mass is 10.0. The van der Waals surface area contributed by atoms with Crippen molar-refractivity contribution < 1.29 is 4.74 Å². The number of aliphatic imine (C=N–C) groups is 1. The molecule has 0 saturated carbocycles. The van der Waals surface area contributed by atoms with Crippen molar-refractivity contribution >= 4 is 29.9 Å². The summed E-state index contributed by atoms with van der Waals surface area (Å²) in [5.74, 6) is 1.77. The van der Waals surface area contributed by atoms with Crippen LogP contribution in [0.2, 0.25) is 0 Å². The minimum Gasteiger partial charge on any atom is -0.493 e. The quantitative estimate of drug-likeness (QED) is 0.288. The maximum atomic E-state index is 5.77. The van der Waals surface area contributed by atoms with E-state index in [1.165, 1.54) is 5.56 Å². The van der Waals surface area contributed by atoms with Crippen molar-refractivity contribution in [1.29, 1.82) is 0 Å². The highest BCUT2D eigenvalue weighted by atomic mass is 127. The van der Waals surface area contributed by atoms with Crippen molar-refractivity contribution in [1.82, 2.24) is 15.6 Å². The van der Waals surface area contributed by atoms with Gasteiger partial charge >= 0.3 is 0 Å². The largest absolute Gasteiger partial charge is 0.493 e. The van der Waals surface area contributed by atoms with E-state index in [9.17, 15) is 0 Å². The van der Waals surface area contributed by atoms with Gasteiger partial charge in [0.15, 0.2) is 5.96 Å². The van der Waals surface area contributed by atoms with Crippen molar-refractivity contribution in [3.8, 4) is 17.0 Å². The summed E-state index contributed by atoms with van der Waals surface area (Å²) >= 11 is 0. The molecule has 0 amide bonds. The number of rotatable bonds is 5. The van der Waals surface area contributed by atoms with Gasteiger partial charge in [-0.25, -0.2) is 4.99 Å². The predicted molar refractivity (Wildman–Crippen MR) is 132 cm³/mol. The van der Waals surface area contributed by atoms with E-state index in [2.05, 4.69) is 58.9 Å². The number of pyridine rings is 1. The van der Waals surface area contributed by atoms with Gasteiger partial charge in [0.1, 0.15) is 5.75 Å². The standard InChI is InChI=1S/C24H26N4O.HI/c1-2-25-24(28-22-13-15-29-23-12-4-3-10-20(22)23)27-17-18-8-7-9-19(16-18)21-11-5-6-14-26-21;/h3-12,14,16,22H,2,13,15,17H2,1H3,(H2,25,27,28);1H. The third kappa shape index (κ3) is 5.50. The van der Waals surface area contributed by atoms with Crippen LogP contribution < -0.4 is 15.4 Å². The zero-order chi connectivity index (χ0) is 19.9. The van der Waals surface area contributed by atoms with Crippen LogP contribution in [0.4, 0.5) is 0 Å². The molecular formula is C24H27IN4O. The second-order valence-corrected chi connectivity index (χ2v) is 6.98. The van der Waals surface area contributed by atoms with E-state index >= 15 is 0 Å². The van der Waals surface area contributed by atoms with Crippen LogP contribution in [0.1, 0.15) is 30.5 Å². The molecule has 1 aliphatic rings. The van der Waals surface area contributed by atoms with Gasteiger partial charge in [-0.3, -0.25) is 4.98 Å². The molecule has 2 N–H and O–H groups in total. The molecule has 0 aliphatic carbocycles. The van der Waals surface area contributed by atoms with Crippen LogP contribution in [0.3, 0.4) is 0 Å². The zero-order valence-corrected chi connectivity index (χ0v) is 19.4. The Balaban J connectivity index is 0.00000256. The van der Waals surface area contributed by atoms with E-state index in [4.69, 9.17) is 9.73 Å². The van der Waals surface area contributed by atoms with E-state index < -0.39 is 0 Å². The van der Waals surface area contributed by atoms with Crippen LogP contribution in [0.25, 0.3) is 11.3 Å². The van der Waals surface area contributed by atoms with Crippen molar-refractivity contribution in [3.05, 3.63) is 84.1 Å². The zero-order valence-electron chi connectivity index (χ0n) is 17.0. The van der Waals surface area contributed by atoms with Crippen LogP contribution in [-0.4, -0.2) is 24.1 Å². The maximum absolute atomic E-state index is 5.77. The first kappa shape index (κ1) is 22.1. The fourth-order valence-corrected chi connectivity index (χ4v) is 3.51. The van der Waals surface area contributed by atoms with E-state index in [1.807, 2.05) is 36.5 Å². The lowest BCUT2D eigenvalue weighted by molar-refractivity contribution is 0.261. The number of hydrogen-bond acceptors (Lipinski definition) is 3. The Kier molecular flexibility index (Phi) is 8.07. The molecule has 30 heavy (non-hydrogen) atoms. The summed E-state index contributed by atoms with van der Waals surface area (Å²) in [6.45, 7) is 4.20. The highest BCUT2D eigenvalue weighted by Gasteiger charge is 2.21. The Morgan fingerprint density at radius 1 is 1.10 bits per heavy atom. The number of aromatic nitrogens is 1. The molecule has 0 spiro atoms. The lowest BCUT2D eigenvalue weighted by Crippen LogP contribution is -2.41. The number of nitrogens with zero attached hydrogens (tertiary/aromatic N) is 2. The van der Waals surface area contributed by atoms with Crippen molar-refractivity contribution in [2.24, 2.45) is 4.99 Å². The van der Waals surface area contributed by atoms with E-state index in [-0.39, 0.29) is 30.0 Å². The van der Waals surface area contributed by atoms with Gasteiger partial charge in [-0.05, 0) is 36.8 Å². The number of nitrogens with one attached hydrogen (secondary N) is 2. The molecule has 2 heterocycles. The SMILES string of the molecule is CCNC(=NCc1cccc(-c2ccccn2)c1)NC1CCOc2ccccc21.I. The third-order valence-electron chi connectivity index (χ3n) is 4.92. The van der Waals surface area contributed by atoms with Crippen LogP contribution in [0.15, 0.2) is 77.9 Å². The molecule has 1 aromatic heterocycles. The summed E-state index contributed by atoms with van der Waals surface area (Å²) in [4.78, 5) is 9.26. The predicted octanol–water partition coefficient (Wildman–Crippen LogP) is 4.95. The molecule has 3 aromatic rings. The van der Waals surface area contributed by atoms with Gasteiger partial charge in [0.2, 0.25) is 0 Å². The Morgan fingerprint density at radius 3 is 2.80 bits per heavy atom. The molecule has 5 nitrogen and oxygen atoms in total. The van der Waals surface area contributed by atoms with Gasteiger partial charge in [-0.15, -0.1) is 24.0 Å². The molecule has 1 aliphatic heterocycles. The molecule has 2 aromatic carbocycles. The van der Waals surface area contributed by atoms with E-state index in [0.717, 1.165) is 41.5 Å². The highest BCUT2D eigenvalue weighted by molar-refractivity contribution is 14.0. The second-order valence-electron chi connectivity index (χ2n) is 6.98. The van der Waals surface area contributed by atoms with Gasteiger partial charge in [-0.2, -0.15) is 0 Å². The summed E-state index contributed by atoms with van der Waals surface area (Å²) in [5, 5.41) is 6.94. The molecule has 1 unspecified atom stereocenters. The van der Waals surface area contributed by atoms with E-state index in [1.54, 1.807) is 0 Å².